The van der Waals surface area contributed by atoms with E-state index in [2.05, 4.69) is 15.5 Å². The molecule has 0 aliphatic carbocycles. The Bertz CT molecular complexity index is 612. The maximum absolute atomic E-state index is 11.9. The molecule has 20 heavy (non-hydrogen) atoms. The average molecular weight is 295 g/mol. The topological polar surface area (TPSA) is 93.0 Å². The maximum atomic E-state index is 11.9. The van der Waals surface area contributed by atoms with Crippen LogP contribution in [0.3, 0.4) is 0 Å². The molecule has 6 nitrogen and oxygen atoms in total. The Labute approximate surface area is 121 Å². The van der Waals surface area contributed by atoms with Crippen molar-refractivity contribution < 1.29 is 9.53 Å². The number of rotatable bonds is 5. The van der Waals surface area contributed by atoms with Gasteiger partial charge >= 0.3 is 0 Å². The SMILES string of the molecule is CCCOc1ccc(NC(=O)c2cc(N)n[nH]2)cc1Cl. The van der Waals surface area contributed by atoms with Gasteiger partial charge in [0.25, 0.3) is 5.91 Å². The highest BCUT2D eigenvalue weighted by atomic mass is 35.5. The average Bonchev–Trinajstić information content (AvgIpc) is 2.85. The number of hydrogen-bond donors (Lipinski definition) is 3. The van der Waals surface area contributed by atoms with Gasteiger partial charge in [-0.3, -0.25) is 9.89 Å². The van der Waals surface area contributed by atoms with Crippen molar-refractivity contribution in [2.75, 3.05) is 17.7 Å². The number of H-pyrrole nitrogens is 1. The van der Waals surface area contributed by atoms with Gasteiger partial charge < -0.3 is 15.8 Å². The zero-order chi connectivity index (χ0) is 14.5. The van der Waals surface area contributed by atoms with Crippen molar-refractivity contribution in [3.63, 3.8) is 0 Å². The first-order chi connectivity index (χ1) is 9.60. The van der Waals surface area contributed by atoms with Crippen molar-refractivity contribution in [3.8, 4) is 5.75 Å². The summed E-state index contributed by atoms with van der Waals surface area (Å²) in [4.78, 5) is 11.9. The number of nitrogens with one attached hydrogen (secondary N) is 2. The van der Waals surface area contributed by atoms with Crippen LogP contribution in [0.15, 0.2) is 24.3 Å². The van der Waals surface area contributed by atoms with Gasteiger partial charge in [-0.05, 0) is 24.6 Å². The van der Waals surface area contributed by atoms with Gasteiger partial charge in [-0.2, -0.15) is 5.10 Å². The zero-order valence-corrected chi connectivity index (χ0v) is 11.7. The zero-order valence-electron chi connectivity index (χ0n) is 10.9. The number of halogens is 1. The number of anilines is 2. The summed E-state index contributed by atoms with van der Waals surface area (Å²) in [6.45, 7) is 2.61. The molecule has 2 rings (SSSR count). The van der Waals surface area contributed by atoms with Crippen LogP contribution in [0.2, 0.25) is 5.02 Å². The molecular weight excluding hydrogens is 280 g/mol. The standard InChI is InChI=1S/C13H15ClN4O2/c1-2-5-20-11-4-3-8(6-9(11)14)16-13(19)10-7-12(15)18-17-10/h3-4,6-7H,2,5H2,1H3,(H,16,19)(H3,15,17,18). The summed E-state index contributed by atoms with van der Waals surface area (Å²) in [6, 6.07) is 6.52. The monoisotopic (exact) mass is 294 g/mol. The molecule has 0 spiro atoms. The number of nitrogens with zero attached hydrogens (tertiary/aromatic N) is 1. The predicted octanol–water partition coefficient (Wildman–Crippen LogP) is 2.69. The quantitative estimate of drug-likeness (QED) is 0.790. The van der Waals surface area contributed by atoms with E-state index in [9.17, 15) is 4.79 Å². The van der Waals surface area contributed by atoms with Crippen LogP contribution in [-0.2, 0) is 0 Å². The first kappa shape index (κ1) is 14.2. The molecule has 0 unspecified atom stereocenters. The van der Waals surface area contributed by atoms with E-state index in [0.29, 0.717) is 23.1 Å². The molecule has 0 aliphatic heterocycles. The highest BCUT2D eigenvalue weighted by molar-refractivity contribution is 6.32. The summed E-state index contributed by atoms with van der Waals surface area (Å²) in [5, 5.41) is 9.36. The number of amides is 1. The molecule has 1 aromatic carbocycles. The highest BCUT2D eigenvalue weighted by Gasteiger charge is 2.10. The predicted molar refractivity (Wildman–Crippen MR) is 78.2 cm³/mol. The Morgan fingerprint density at radius 1 is 1.50 bits per heavy atom. The van der Waals surface area contributed by atoms with Crippen molar-refractivity contribution in [3.05, 3.63) is 35.0 Å². The number of carbonyl (C=O) groups excluding carboxylic acids is 1. The van der Waals surface area contributed by atoms with Crippen LogP contribution in [0.4, 0.5) is 11.5 Å². The minimum atomic E-state index is -0.340. The van der Waals surface area contributed by atoms with Crippen LogP contribution in [0.1, 0.15) is 23.8 Å². The van der Waals surface area contributed by atoms with Crippen molar-refractivity contribution in [2.45, 2.75) is 13.3 Å². The molecular formula is C13H15ClN4O2. The van der Waals surface area contributed by atoms with Crippen LogP contribution in [0.25, 0.3) is 0 Å². The second-order valence-corrected chi connectivity index (χ2v) is 4.56. The van der Waals surface area contributed by atoms with E-state index in [4.69, 9.17) is 22.1 Å². The van der Waals surface area contributed by atoms with Crippen molar-refractivity contribution in [2.24, 2.45) is 0 Å². The highest BCUT2D eigenvalue weighted by Crippen LogP contribution is 2.28. The fourth-order valence-electron chi connectivity index (χ4n) is 1.56. The molecule has 1 amide bonds. The minimum Gasteiger partial charge on any atom is -0.492 e. The maximum Gasteiger partial charge on any atom is 0.273 e. The Morgan fingerprint density at radius 2 is 2.30 bits per heavy atom. The summed E-state index contributed by atoms with van der Waals surface area (Å²) in [5.74, 6) is 0.515. The Balaban J connectivity index is 2.06. The summed E-state index contributed by atoms with van der Waals surface area (Å²) in [7, 11) is 0. The van der Waals surface area contributed by atoms with Gasteiger partial charge in [0.1, 0.15) is 17.3 Å². The summed E-state index contributed by atoms with van der Waals surface area (Å²) < 4.78 is 5.46. The molecule has 0 radical (unpaired) electrons. The number of benzene rings is 1. The van der Waals surface area contributed by atoms with Crippen molar-refractivity contribution >= 4 is 29.0 Å². The van der Waals surface area contributed by atoms with Crippen LogP contribution < -0.4 is 15.8 Å². The minimum absolute atomic E-state index is 0.261. The van der Waals surface area contributed by atoms with E-state index in [1.807, 2.05) is 6.92 Å². The van der Waals surface area contributed by atoms with E-state index < -0.39 is 0 Å². The molecule has 0 aliphatic rings. The van der Waals surface area contributed by atoms with Gasteiger partial charge in [0.15, 0.2) is 0 Å². The molecule has 0 saturated carbocycles. The number of ether oxygens (including phenoxy) is 1. The molecule has 1 aromatic heterocycles. The normalized spacial score (nSPS) is 10.3. The lowest BCUT2D eigenvalue weighted by atomic mass is 10.3. The Kier molecular flexibility index (Phi) is 4.47. The van der Waals surface area contributed by atoms with E-state index in [0.717, 1.165) is 6.42 Å². The summed E-state index contributed by atoms with van der Waals surface area (Å²) >= 11 is 6.08. The molecule has 106 valence electrons. The summed E-state index contributed by atoms with van der Waals surface area (Å²) in [6.07, 6.45) is 0.899. The Morgan fingerprint density at radius 3 is 2.90 bits per heavy atom. The van der Waals surface area contributed by atoms with E-state index in [1.54, 1.807) is 18.2 Å². The smallest absolute Gasteiger partial charge is 0.273 e. The van der Waals surface area contributed by atoms with Crippen molar-refractivity contribution in [1.82, 2.24) is 10.2 Å². The third-order valence-corrected chi connectivity index (χ3v) is 2.79. The second kappa shape index (κ2) is 6.29. The van der Waals surface area contributed by atoms with Crippen LogP contribution in [0, 0.1) is 0 Å². The molecule has 1 heterocycles. The van der Waals surface area contributed by atoms with Gasteiger partial charge in [0.05, 0.1) is 11.6 Å². The van der Waals surface area contributed by atoms with Gasteiger partial charge in [-0.25, -0.2) is 0 Å². The van der Waals surface area contributed by atoms with Gasteiger partial charge in [0, 0.05) is 11.8 Å². The number of carbonyl (C=O) groups is 1. The van der Waals surface area contributed by atoms with Gasteiger partial charge in [0.2, 0.25) is 0 Å². The second-order valence-electron chi connectivity index (χ2n) is 4.15. The molecule has 0 fully saturated rings. The molecule has 0 bridgehead atoms. The Hall–Kier alpha value is -2.21. The fraction of sp³-hybridized carbons (Fsp3) is 0.231. The first-order valence-electron chi connectivity index (χ1n) is 6.14. The third kappa shape index (κ3) is 3.42. The first-order valence-corrected chi connectivity index (χ1v) is 6.52. The van der Waals surface area contributed by atoms with Crippen molar-refractivity contribution in [1.29, 1.82) is 0 Å². The lowest BCUT2D eigenvalue weighted by Gasteiger charge is -2.09. The molecule has 0 atom stereocenters. The fourth-order valence-corrected chi connectivity index (χ4v) is 1.79. The lowest BCUT2D eigenvalue weighted by Crippen LogP contribution is -2.12. The van der Waals surface area contributed by atoms with E-state index >= 15 is 0 Å². The van der Waals surface area contributed by atoms with Crippen LogP contribution >= 0.6 is 11.6 Å². The number of nitrogens with two attached hydrogens (primary N) is 1. The number of hydrogen-bond acceptors (Lipinski definition) is 4. The molecule has 7 heteroatoms. The third-order valence-electron chi connectivity index (χ3n) is 2.49. The van der Waals surface area contributed by atoms with Crippen LogP contribution in [-0.4, -0.2) is 22.7 Å². The number of aromatic amines is 1. The van der Waals surface area contributed by atoms with Gasteiger partial charge in [-0.1, -0.05) is 18.5 Å². The van der Waals surface area contributed by atoms with Crippen LogP contribution in [0.5, 0.6) is 5.75 Å². The molecule has 2 aromatic rings. The number of aromatic nitrogens is 2. The van der Waals surface area contributed by atoms with E-state index in [-0.39, 0.29) is 17.4 Å². The largest absolute Gasteiger partial charge is 0.492 e. The van der Waals surface area contributed by atoms with E-state index in [1.165, 1.54) is 6.07 Å². The lowest BCUT2D eigenvalue weighted by molar-refractivity contribution is 0.102. The van der Waals surface area contributed by atoms with Gasteiger partial charge in [-0.15, -0.1) is 0 Å². The number of nitrogen functional groups attached to an aromatic ring is 1. The summed E-state index contributed by atoms with van der Waals surface area (Å²) in [5.41, 5.74) is 6.29. The molecule has 4 N–H and O–H groups in total. The molecule has 0 saturated heterocycles.